The number of halogens is 1. The first-order valence-corrected chi connectivity index (χ1v) is 7.98. The Balaban J connectivity index is 1.59. The van der Waals surface area contributed by atoms with Crippen molar-refractivity contribution in [1.82, 2.24) is 4.90 Å². The van der Waals surface area contributed by atoms with Gasteiger partial charge in [-0.15, -0.1) is 0 Å². The van der Waals surface area contributed by atoms with Gasteiger partial charge >= 0.3 is 11.7 Å². The molecule has 0 atom stereocenters. The molecule has 0 N–H and O–H groups in total. The van der Waals surface area contributed by atoms with Crippen LogP contribution in [0.2, 0.25) is 0 Å². The van der Waals surface area contributed by atoms with E-state index in [1.165, 1.54) is 0 Å². The monoisotopic (exact) mass is 372 g/mol. The molecule has 0 bridgehead atoms. The van der Waals surface area contributed by atoms with Gasteiger partial charge in [-0.2, -0.15) is 0 Å². The van der Waals surface area contributed by atoms with Crippen molar-refractivity contribution >= 4 is 23.5 Å². The van der Waals surface area contributed by atoms with E-state index in [1.54, 1.807) is 24.3 Å². The van der Waals surface area contributed by atoms with Gasteiger partial charge < -0.3 is 4.74 Å². The lowest BCUT2D eigenvalue weighted by Gasteiger charge is -2.13. The molecule has 2 aromatic rings. The number of fused-ring (bicyclic) bond motifs is 1. The highest BCUT2D eigenvalue weighted by atomic mass is 19.1. The zero-order valence-corrected chi connectivity index (χ0v) is 13.9. The van der Waals surface area contributed by atoms with Crippen molar-refractivity contribution in [2.75, 3.05) is 6.54 Å². The van der Waals surface area contributed by atoms with Gasteiger partial charge in [0.15, 0.2) is 0 Å². The Labute approximate surface area is 152 Å². The molecule has 9 heteroatoms. The van der Waals surface area contributed by atoms with E-state index in [-0.39, 0.29) is 19.4 Å². The number of esters is 1. The molecule has 0 fully saturated rings. The number of imide groups is 1. The van der Waals surface area contributed by atoms with Crippen molar-refractivity contribution in [2.45, 2.75) is 12.8 Å². The van der Waals surface area contributed by atoms with Gasteiger partial charge in [-0.1, -0.05) is 12.1 Å². The van der Waals surface area contributed by atoms with Crippen LogP contribution in [0.25, 0.3) is 0 Å². The predicted octanol–water partition coefficient (Wildman–Crippen LogP) is 2.72. The number of amides is 2. The quantitative estimate of drug-likeness (QED) is 0.254. The van der Waals surface area contributed by atoms with Gasteiger partial charge in [-0.05, 0) is 24.6 Å². The molecule has 8 nitrogen and oxygen atoms in total. The molecule has 1 aliphatic heterocycles. The van der Waals surface area contributed by atoms with Crippen molar-refractivity contribution in [3.05, 3.63) is 69.5 Å². The van der Waals surface area contributed by atoms with E-state index in [0.717, 1.165) is 23.1 Å². The molecule has 2 amide bonds. The Morgan fingerprint density at radius 2 is 1.74 bits per heavy atom. The Hall–Kier alpha value is -3.62. The maximum Gasteiger partial charge on any atom is 0.311 e. The van der Waals surface area contributed by atoms with Crippen LogP contribution in [-0.2, 0) is 4.79 Å². The van der Waals surface area contributed by atoms with E-state index in [4.69, 9.17) is 4.74 Å². The zero-order chi connectivity index (χ0) is 19.6. The van der Waals surface area contributed by atoms with Crippen molar-refractivity contribution in [2.24, 2.45) is 0 Å². The Morgan fingerprint density at radius 3 is 2.33 bits per heavy atom. The first-order chi connectivity index (χ1) is 12.9. The van der Waals surface area contributed by atoms with E-state index in [9.17, 15) is 28.9 Å². The number of ether oxygens (including phenoxy) is 1. The molecule has 2 aromatic carbocycles. The minimum atomic E-state index is -0.833. The molecular weight excluding hydrogens is 359 g/mol. The molecule has 3 rings (SSSR count). The third-order valence-electron chi connectivity index (χ3n) is 3.98. The van der Waals surface area contributed by atoms with Gasteiger partial charge in [0.2, 0.25) is 5.75 Å². The highest BCUT2D eigenvalue weighted by Crippen LogP contribution is 2.28. The van der Waals surface area contributed by atoms with Crippen molar-refractivity contribution in [1.29, 1.82) is 0 Å². The van der Waals surface area contributed by atoms with Crippen LogP contribution in [0.15, 0.2) is 42.5 Å². The summed E-state index contributed by atoms with van der Waals surface area (Å²) in [5.74, 6) is -2.99. The summed E-state index contributed by atoms with van der Waals surface area (Å²) < 4.78 is 18.1. The number of nitrogens with zero attached hydrogens (tertiary/aromatic N) is 2. The molecule has 1 heterocycles. The normalized spacial score (nSPS) is 12.9. The maximum atomic E-state index is 13.2. The summed E-state index contributed by atoms with van der Waals surface area (Å²) in [6.45, 7) is -0.00725. The number of carbonyl (C=O) groups excluding carboxylic acids is 3. The summed E-state index contributed by atoms with van der Waals surface area (Å²) in [5, 5.41) is 10.9. The highest BCUT2D eigenvalue weighted by Gasteiger charge is 2.34. The minimum Gasteiger partial charge on any atom is -0.419 e. The molecule has 138 valence electrons. The van der Waals surface area contributed by atoms with E-state index >= 15 is 0 Å². The average Bonchev–Trinajstić information content (AvgIpc) is 2.87. The van der Waals surface area contributed by atoms with E-state index < -0.39 is 40.0 Å². The van der Waals surface area contributed by atoms with Gasteiger partial charge in [-0.25, -0.2) is 4.39 Å². The van der Waals surface area contributed by atoms with Gasteiger partial charge in [0, 0.05) is 25.1 Å². The molecule has 27 heavy (non-hydrogen) atoms. The number of carbonyl (C=O) groups is 3. The summed E-state index contributed by atoms with van der Waals surface area (Å²) >= 11 is 0. The minimum absolute atomic E-state index is 0.00725. The van der Waals surface area contributed by atoms with E-state index in [2.05, 4.69) is 0 Å². The van der Waals surface area contributed by atoms with Gasteiger partial charge in [0.25, 0.3) is 11.8 Å². The zero-order valence-electron chi connectivity index (χ0n) is 13.9. The first kappa shape index (κ1) is 18.2. The van der Waals surface area contributed by atoms with Crippen LogP contribution < -0.4 is 4.74 Å². The average molecular weight is 372 g/mol. The predicted molar refractivity (Wildman–Crippen MR) is 89.7 cm³/mol. The lowest BCUT2D eigenvalue weighted by Crippen LogP contribution is -2.31. The third kappa shape index (κ3) is 3.66. The summed E-state index contributed by atoms with van der Waals surface area (Å²) in [6, 6.07) is 8.93. The number of hydrogen-bond acceptors (Lipinski definition) is 6. The van der Waals surface area contributed by atoms with E-state index in [0.29, 0.717) is 11.1 Å². The number of rotatable bonds is 6. The van der Waals surface area contributed by atoms with Gasteiger partial charge in [0.05, 0.1) is 16.1 Å². The highest BCUT2D eigenvalue weighted by molar-refractivity contribution is 6.21. The van der Waals surface area contributed by atoms with Crippen LogP contribution in [-0.4, -0.2) is 34.2 Å². The molecule has 0 unspecified atom stereocenters. The first-order valence-electron chi connectivity index (χ1n) is 7.98. The van der Waals surface area contributed by atoms with Crippen LogP contribution in [0.4, 0.5) is 10.1 Å². The third-order valence-corrected chi connectivity index (χ3v) is 3.98. The van der Waals surface area contributed by atoms with Gasteiger partial charge in [-0.3, -0.25) is 29.4 Å². The molecule has 0 saturated carbocycles. The Morgan fingerprint density at radius 1 is 1.11 bits per heavy atom. The van der Waals surface area contributed by atoms with Crippen LogP contribution in [0.5, 0.6) is 5.75 Å². The maximum absolute atomic E-state index is 13.2. The fourth-order valence-corrected chi connectivity index (χ4v) is 2.72. The molecule has 0 saturated heterocycles. The Bertz CT molecular complexity index is 924. The van der Waals surface area contributed by atoms with Crippen LogP contribution in [0, 0.1) is 15.9 Å². The topological polar surface area (TPSA) is 107 Å². The molecule has 0 aliphatic carbocycles. The van der Waals surface area contributed by atoms with Gasteiger partial charge in [0.1, 0.15) is 5.82 Å². The van der Waals surface area contributed by atoms with Crippen molar-refractivity contribution in [3.63, 3.8) is 0 Å². The molecule has 0 radical (unpaired) electrons. The van der Waals surface area contributed by atoms with Crippen LogP contribution in [0.1, 0.15) is 33.6 Å². The smallest absolute Gasteiger partial charge is 0.311 e. The summed E-state index contributed by atoms with van der Waals surface area (Å²) in [6.07, 6.45) is -0.103. The molecular formula is C18H13FN2O6. The SMILES string of the molecule is O=C(CCCN1C(=O)c2ccccc2C1=O)Oc1cc(F)ccc1[N+](=O)[O-]. The van der Waals surface area contributed by atoms with Crippen molar-refractivity contribution in [3.8, 4) is 5.75 Å². The van der Waals surface area contributed by atoms with Crippen LogP contribution >= 0.6 is 0 Å². The lowest BCUT2D eigenvalue weighted by atomic mass is 10.1. The number of benzene rings is 2. The summed E-state index contributed by atoms with van der Waals surface area (Å²) in [7, 11) is 0. The Kier molecular flexibility index (Phi) is 4.93. The van der Waals surface area contributed by atoms with Crippen molar-refractivity contribution < 1.29 is 28.4 Å². The fourth-order valence-electron chi connectivity index (χ4n) is 2.72. The number of nitro benzene ring substituents is 1. The largest absolute Gasteiger partial charge is 0.419 e. The second-order valence-electron chi connectivity index (χ2n) is 5.75. The number of hydrogen-bond donors (Lipinski definition) is 0. The van der Waals surface area contributed by atoms with E-state index in [1.807, 2.05) is 0 Å². The van der Waals surface area contributed by atoms with Crippen LogP contribution in [0.3, 0.4) is 0 Å². The summed E-state index contributed by atoms with van der Waals surface area (Å²) in [4.78, 5) is 47.4. The molecule has 1 aliphatic rings. The standard InChI is InChI=1S/C18H13FN2O6/c19-11-7-8-14(21(25)26)15(10-11)27-16(22)6-3-9-20-17(23)12-4-1-2-5-13(12)18(20)24/h1-2,4-5,7-8,10H,3,6,9H2. The fraction of sp³-hybridized carbons (Fsp3) is 0.167. The second-order valence-corrected chi connectivity index (χ2v) is 5.75. The lowest BCUT2D eigenvalue weighted by molar-refractivity contribution is -0.385. The molecule has 0 spiro atoms. The molecule has 0 aromatic heterocycles. The number of nitro groups is 1. The summed E-state index contributed by atoms with van der Waals surface area (Å²) in [5.41, 5.74) is 0.0750. The second kappa shape index (κ2) is 7.32.